The van der Waals surface area contributed by atoms with Crippen molar-refractivity contribution >= 4 is 29.2 Å². The van der Waals surface area contributed by atoms with Gasteiger partial charge in [0.1, 0.15) is 0 Å². The Balaban J connectivity index is 3.18. The Hall–Kier alpha value is -0.340. The van der Waals surface area contributed by atoms with Crippen LogP contribution in [0.3, 0.4) is 0 Å². The summed E-state index contributed by atoms with van der Waals surface area (Å²) >= 11 is 7.06. The van der Waals surface area contributed by atoms with Gasteiger partial charge in [0.05, 0.1) is 9.90 Å². The lowest BCUT2D eigenvalue weighted by molar-refractivity contribution is 0.112. The van der Waals surface area contributed by atoms with Gasteiger partial charge in [0.25, 0.3) is 0 Å². The van der Waals surface area contributed by atoms with Crippen LogP contribution in [0.2, 0.25) is 5.02 Å². The molecule has 0 fully saturated rings. The van der Waals surface area contributed by atoms with Crippen LogP contribution in [0.5, 0.6) is 0 Å². The second kappa shape index (κ2) is 2.50. The molecular formula is C6H5ClOS. The highest BCUT2D eigenvalue weighted by Gasteiger charge is 2.02. The van der Waals surface area contributed by atoms with E-state index in [2.05, 4.69) is 0 Å². The van der Waals surface area contributed by atoms with Crippen molar-refractivity contribution in [3.05, 3.63) is 20.8 Å². The summed E-state index contributed by atoms with van der Waals surface area (Å²) in [5.41, 5.74) is 0.976. The number of carbonyl (C=O) groups excluding carboxylic acids is 1. The van der Waals surface area contributed by atoms with Gasteiger partial charge in [0.15, 0.2) is 6.29 Å². The molecule has 0 radical (unpaired) electrons. The Kier molecular flexibility index (Phi) is 1.88. The normalized spacial score (nSPS) is 9.56. The molecule has 0 bridgehead atoms. The van der Waals surface area contributed by atoms with Gasteiger partial charge in [-0.25, -0.2) is 0 Å². The Morgan fingerprint density at radius 2 is 2.44 bits per heavy atom. The van der Waals surface area contributed by atoms with Gasteiger partial charge < -0.3 is 0 Å². The first-order valence-corrected chi connectivity index (χ1v) is 3.70. The molecule has 1 aromatic heterocycles. The van der Waals surface area contributed by atoms with Crippen molar-refractivity contribution in [3.8, 4) is 0 Å². The molecule has 1 nitrogen and oxygen atoms in total. The molecule has 3 heteroatoms. The molecule has 1 aromatic rings. The minimum atomic E-state index is 0.593. The fourth-order valence-electron chi connectivity index (χ4n) is 0.529. The van der Waals surface area contributed by atoms with Gasteiger partial charge >= 0.3 is 0 Å². The topological polar surface area (TPSA) is 17.1 Å². The fraction of sp³-hybridized carbons (Fsp3) is 0.167. The van der Waals surface area contributed by atoms with Crippen LogP contribution in [0.1, 0.15) is 15.2 Å². The SMILES string of the molecule is Cc1csc(C=O)c1Cl. The summed E-state index contributed by atoms with van der Waals surface area (Å²) in [5, 5.41) is 2.46. The van der Waals surface area contributed by atoms with Gasteiger partial charge in [0, 0.05) is 0 Å². The maximum absolute atomic E-state index is 10.2. The predicted octanol–water partition coefficient (Wildman–Crippen LogP) is 2.52. The number of hydrogen-bond acceptors (Lipinski definition) is 2. The molecule has 0 unspecified atom stereocenters. The lowest BCUT2D eigenvalue weighted by Crippen LogP contribution is -1.70. The quantitative estimate of drug-likeness (QED) is 0.577. The third-order valence-electron chi connectivity index (χ3n) is 1.03. The number of halogens is 1. The van der Waals surface area contributed by atoms with Crippen molar-refractivity contribution < 1.29 is 4.79 Å². The molecule has 1 heterocycles. The lowest BCUT2D eigenvalue weighted by Gasteiger charge is -1.82. The predicted molar refractivity (Wildman–Crippen MR) is 39.5 cm³/mol. The van der Waals surface area contributed by atoms with Crippen molar-refractivity contribution in [2.24, 2.45) is 0 Å². The molecule has 1 rings (SSSR count). The third-order valence-corrected chi connectivity index (χ3v) is 2.67. The first-order chi connectivity index (χ1) is 4.25. The molecule has 0 aromatic carbocycles. The van der Waals surface area contributed by atoms with Crippen molar-refractivity contribution in [2.75, 3.05) is 0 Å². The number of hydrogen-bond donors (Lipinski definition) is 0. The summed E-state index contributed by atoms with van der Waals surface area (Å²) < 4.78 is 0. The zero-order valence-corrected chi connectivity index (χ0v) is 6.42. The Morgan fingerprint density at radius 3 is 2.67 bits per heavy atom. The van der Waals surface area contributed by atoms with E-state index in [1.807, 2.05) is 12.3 Å². The van der Waals surface area contributed by atoms with E-state index in [1.165, 1.54) is 11.3 Å². The van der Waals surface area contributed by atoms with E-state index in [4.69, 9.17) is 11.6 Å². The molecule has 9 heavy (non-hydrogen) atoms. The molecule has 0 amide bonds. The van der Waals surface area contributed by atoms with Gasteiger partial charge in [-0.15, -0.1) is 11.3 Å². The molecule has 0 saturated carbocycles. The lowest BCUT2D eigenvalue weighted by atomic mass is 10.3. The van der Waals surface area contributed by atoms with Crippen molar-refractivity contribution in [2.45, 2.75) is 6.92 Å². The maximum atomic E-state index is 10.2. The monoisotopic (exact) mass is 160 g/mol. The summed E-state index contributed by atoms with van der Waals surface area (Å²) in [6.45, 7) is 1.88. The zero-order valence-electron chi connectivity index (χ0n) is 4.85. The van der Waals surface area contributed by atoms with Gasteiger partial charge in [-0.05, 0) is 17.9 Å². The number of rotatable bonds is 1. The van der Waals surface area contributed by atoms with Crippen LogP contribution in [0.4, 0.5) is 0 Å². The summed E-state index contributed by atoms with van der Waals surface area (Å²) in [5.74, 6) is 0. The largest absolute Gasteiger partial charge is 0.297 e. The molecule has 0 atom stereocenters. The summed E-state index contributed by atoms with van der Waals surface area (Å²) in [4.78, 5) is 10.8. The molecule has 0 N–H and O–H groups in total. The summed E-state index contributed by atoms with van der Waals surface area (Å²) in [6.07, 6.45) is 0.778. The first-order valence-electron chi connectivity index (χ1n) is 2.44. The second-order valence-corrected chi connectivity index (χ2v) is 3.00. The molecule has 0 aliphatic heterocycles. The molecule has 0 aliphatic carbocycles. The van der Waals surface area contributed by atoms with E-state index in [9.17, 15) is 4.79 Å². The molecule has 0 saturated heterocycles. The molecule has 0 aliphatic rings. The van der Waals surface area contributed by atoms with Crippen LogP contribution < -0.4 is 0 Å². The van der Waals surface area contributed by atoms with Gasteiger partial charge in [-0.1, -0.05) is 11.6 Å². The minimum absolute atomic E-state index is 0.593. The Labute approximate surface area is 62.3 Å². The fourth-order valence-corrected chi connectivity index (χ4v) is 1.57. The van der Waals surface area contributed by atoms with E-state index >= 15 is 0 Å². The summed E-state index contributed by atoms with van der Waals surface area (Å²) in [7, 11) is 0. The molecule has 0 spiro atoms. The van der Waals surface area contributed by atoms with Gasteiger partial charge in [0.2, 0.25) is 0 Å². The highest BCUT2D eigenvalue weighted by molar-refractivity contribution is 7.12. The van der Waals surface area contributed by atoms with E-state index in [-0.39, 0.29) is 0 Å². The zero-order chi connectivity index (χ0) is 6.85. The average Bonchev–Trinajstić information content (AvgIpc) is 2.15. The van der Waals surface area contributed by atoms with Crippen LogP contribution in [-0.4, -0.2) is 6.29 Å². The van der Waals surface area contributed by atoms with E-state index in [0.29, 0.717) is 9.90 Å². The summed E-state index contributed by atoms with van der Waals surface area (Å²) in [6, 6.07) is 0. The number of thiophene rings is 1. The highest BCUT2D eigenvalue weighted by atomic mass is 35.5. The first kappa shape index (κ1) is 6.78. The van der Waals surface area contributed by atoms with E-state index in [0.717, 1.165) is 11.8 Å². The van der Waals surface area contributed by atoms with Gasteiger partial charge in [-0.3, -0.25) is 4.79 Å². The Bertz CT molecular complexity index is 229. The number of carbonyl (C=O) groups is 1. The number of aryl methyl sites for hydroxylation is 1. The van der Waals surface area contributed by atoms with Crippen molar-refractivity contribution in [3.63, 3.8) is 0 Å². The highest BCUT2D eigenvalue weighted by Crippen LogP contribution is 2.24. The number of aldehydes is 1. The van der Waals surface area contributed by atoms with Crippen LogP contribution in [0.25, 0.3) is 0 Å². The van der Waals surface area contributed by atoms with Crippen LogP contribution in [0.15, 0.2) is 5.38 Å². The standard InChI is InChI=1S/C6H5ClOS/c1-4-3-9-5(2-8)6(4)7/h2-3H,1H3. The van der Waals surface area contributed by atoms with E-state index in [1.54, 1.807) is 0 Å². The van der Waals surface area contributed by atoms with Crippen LogP contribution in [-0.2, 0) is 0 Å². The van der Waals surface area contributed by atoms with Crippen molar-refractivity contribution in [1.82, 2.24) is 0 Å². The third kappa shape index (κ3) is 1.14. The Morgan fingerprint density at radius 1 is 1.78 bits per heavy atom. The molecular weight excluding hydrogens is 156 g/mol. The van der Waals surface area contributed by atoms with Crippen molar-refractivity contribution in [1.29, 1.82) is 0 Å². The maximum Gasteiger partial charge on any atom is 0.161 e. The van der Waals surface area contributed by atoms with Crippen LogP contribution in [0, 0.1) is 6.92 Å². The van der Waals surface area contributed by atoms with Crippen LogP contribution >= 0.6 is 22.9 Å². The minimum Gasteiger partial charge on any atom is -0.297 e. The molecule has 48 valence electrons. The second-order valence-electron chi connectivity index (χ2n) is 1.71. The van der Waals surface area contributed by atoms with Gasteiger partial charge in [-0.2, -0.15) is 0 Å². The smallest absolute Gasteiger partial charge is 0.161 e. The van der Waals surface area contributed by atoms with E-state index < -0.39 is 0 Å². The average molecular weight is 161 g/mol.